The van der Waals surface area contributed by atoms with Crippen LogP contribution in [-0.2, 0) is 0 Å². The minimum atomic E-state index is 0.880. The molecule has 2 aromatic heterocycles. The van der Waals surface area contributed by atoms with Crippen molar-refractivity contribution >= 4 is 71.6 Å². The van der Waals surface area contributed by atoms with Gasteiger partial charge in [-0.25, -0.2) is 0 Å². The molecule has 55 heavy (non-hydrogen) atoms. The van der Waals surface area contributed by atoms with E-state index < -0.39 is 0 Å². The first-order chi connectivity index (χ1) is 27.3. The summed E-state index contributed by atoms with van der Waals surface area (Å²) in [7, 11) is 0. The Kier molecular flexibility index (Phi) is 7.17. The van der Waals surface area contributed by atoms with Crippen LogP contribution in [0.1, 0.15) is 0 Å². The van der Waals surface area contributed by atoms with Gasteiger partial charge in [0.1, 0.15) is 11.2 Å². The van der Waals surface area contributed by atoms with Crippen LogP contribution in [0.3, 0.4) is 0 Å². The van der Waals surface area contributed by atoms with Crippen LogP contribution in [0.5, 0.6) is 0 Å². The smallest absolute Gasteiger partial charge is 0.135 e. The normalized spacial score (nSPS) is 11.6. The molecule has 0 N–H and O–H groups in total. The number of furan rings is 1. The average Bonchev–Trinajstić information content (AvgIpc) is 3.80. The van der Waals surface area contributed by atoms with Crippen molar-refractivity contribution < 1.29 is 4.42 Å². The second-order valence-corrected chi connectivity index (χ2v) is 14.1. The Morgan fingerprint density at radius 2 is 1.05 bits per heavy atom. The highest BCUT2D eigenvalue weighted by Gasteiger charge is 2.20. The van der Waals surface area contributed by atoms with Gasteiger partial charge in [0.05, 0.1) is 16.7 Å². The number of para-hydroxylation sites is 3. The van der Waals surface area contributed by atoms with Crippen LogP contribution in [0.15, 0.2) is 211 Å². The maximum atomic E-state index is 6.27. The third kappa shape index (κ3) is 5.13. The fraction of sp³-hybridized carbons (Fsp3) is 0. The Balaban J connectivity index is 1.13. The Bertz CT molecular complexity index is 3210. The number of anilines is 3. The van der Waals surface area contributed by atoms with Crippen molar-refractivity contribution in [2.45, 2.75) is 0 Å². The molecular weight excluding hydrogens is 669 g/mol. The third-order valence-electron chi connectivity index (χ3n) is 11.0. The van der Waals surface area contributed by atoms with Gasteiger partial charge in [0, 0.05) is 44.2 Å². The quantitative estimate of drug-likeness (QED) is 0.172. The first kappa shape index (κ1) is 31.2. The SMILES string of the molecule is c1ccc(-c2ccccc2N(c2cccc(-c3ccc4c(c3)c3c5ccccc5ccc3n4-c3ccccc3)c2)c2ccc3oc4ccccc4c3c2)cc1. The summed E-state index contributed by atoms with van der Waals surface area (Å²) in [5.41, 5.74) is 13.2. The molecule has 0 spiro atoms. The predicted octanol–water partition coefficient (Wildman–Crippen LogP) is 14.6. The largest absolute Gasteiger partial charge is 0.456 e. The van der Waals surface area contributed by atoms with E-state index in [2.05, 4.69) is 204 Å². The zero-order chi connectivity index (χ0) is 36.3. The molecule has 11 aromatic rings. The molecule has 0 aliphatic rings. The lowest BCUT2D eigenvalue weighted by atomic mass is 9.98. The van der Waals surface area contributed by atoms with Crippen LogP contribution in [0, 0.1) is 0 Å². The average molecular weight is 703 g/mol. The van der Waals surface area contributed by atoms with E-state index in [4.69, 9.17) is 4.42 Å². The Morgan fingerprint density at radius 3 is 1.95 bits per heavy atom. The van der Waals surface area contributed by atoms with Gasteiger partial charge >= 0.3 is 0 Å². The van der Waals surface area contributed by atoms with Gasteiger partial charge in [-0.15, -0.1) is 0 Å². The molecule has 11 rings (SSSR count). The first-order valence-electron chi connectivity index (χ1n) is 18.8. The maximum absolute atomic E-state index is 6.27. The molecular formula is C52H34N2O. The summed E-state index contributed by atoms with van der Waals surface area (Å²) in [5, 5.41) is 7.22. The highest BCUT2D eigenvalue weighted by Crippen LogP contribution is 2.44. The van der Waals surface area contributed by atoms with Crippen LogP contribution in [0.4, 0.5) is 17.1 Å². The second-order valence-electron chi connectivity index (χ2n) is 14.1. The Labute approximate surface area is 318 Å². The van der Waals surface area contributed by atoms with E-state index in [-0.39, 0.29) is 0 Å². The molecule has 9 aromatic carbocycles. The molecule has 0 amide bonds. The number of hydrogen-bond acceptors (Lipinski definition) is 2. The highest BCUT2D eigenvalue weighted by molar-refractivity contribution is 6.22. The number of aromatic nitrogens is 1. The van der Waals surface area contributed by atoms with Crippen molar-refractivity contribution in [2.24, 2.45) is 0 Å². The number of nitrogens with zero attached hydrogens (tertiary/aromatic N) is 2. The van der Waals surface area contributed by atoms with Crippen molar-refractivity contribution in [2.75, 3.05) is 4.90 Å². The summed E-state index contributed by atoms with van der Waals surface area (Å²) >= 11 is 0. The summed E-state index contributed by atoms with van der Waals surface area (Å²) < 4.78 is 8.67. The Hall–Kier alpha value is -7.36. The fourth-order valence-corrected chi connectivity index (χ4v) is 8.46. The van der Waals surface area contributed by atoms with Crippen molar-refractivity contribution in [3.05, 3.63) is 206 Å². The molecule has 0 saturated carbocycles. The van der Waals surface area contributed by atoms with E-state index in [9.17, 15) is 0 Å². The summed E-state index contributed by atoms with van der Waals surface area (Å²) in [6, 6.07) is 74.0. The zero-order valence-corrected chi connectivity index (χ0v) is 29.9. The van der Waals surface area contributed by atoms with Gasteiger partial charge in [0.2, 0.25) is 0 Å². The van der Waals surface area contributed by atoms with Gasteiger partial charge < -0.3 is 13.9 Å². The number of fused-ring (bicyclic) bond motifs is 8. The molecule has 0 atom stereocenters. The molecule has 0 saturated heterocycles. The van der Waals surface area contributed by atoms with Crippen molar-refractivity contribution in [1.29, 1.82) is 0 Å². The van der Waals surface area contributed by atoms with Crippen molar-refractivity contribution in [3.8, 4) is 27.9 Å². The summed E-state index contributed by atoms with van der Waals surface area (Å²) in [6.07, 6.45) is 0. The number of rotatable bonds is 6. The molecule has 258 valence electrons. The lowest BCUT2D eigenvalue weighted by Gasteiger charge is -2.28. The fourth-order valence-electron chi connectivity index (χ4n) is 8.46. The highest BCUT2D eigenvalue weighted by atomic mass is 16.3. The van der Waals surface area contributed by atoms with Crippen LogP contribution in [0.25, 0.3) is 82.5 Å². The molecule has 0 radical (unpaired) electrons. The summed E-state index contributed by atoms with van der Waals surface area (Å²) in [4.78, 5) is 2.39. The lowest BCUT2D eigenvalue weighted by Crippen LogP contribution is -2.11. The summed E-state index contributed by atoms with van der Waals surface area (Å²) in [6.45, 7) is 0. The topological polar surface area (TPSA) is 21.3 Å². The minimum Gasteiger partial charge on any atom is -0.456 e. The zero-order valence-electron chi connectivity index (χ0n) is 29.9. The van der Waals surface area contributed by atoms with Crippen molar-refractivity contribution in [3.63, 3.8) is 0 Å². The third-order valence-corrected chi connectivity index (χ3v) is 11.0. The van der Waals surface area contributed by atoms with E-state index in [0.29, 0.717) is 0 Å². The van der Waals surface area contributed by atoms with Gasteiger partial charge in [-0.2, -0.15) is 0 Å². The van der Waals surface area contributed by atoms with Crippen LogP contribution >= 0.6 is 0 Å². The first-order valence-corrected chi connectivity index (χ1v) is 18.8. The van der Waals surface area contributed by atoms with Gasteiger partial charge in [-0.1, -0.05) is 133 Å². The minimum absolute atomic E-state index is 0.880. The Morgan fingerprint density at radius 1 is 0.382 bits per heavy atom. The van der Waals surface area contributed by atoms with E-state index in [1.165, 1.54) is 43.7 Å². The van der Waals surface area contributed by atoms with Gasteiger partial charge in [-0.3, -0.25) is 0 Å². The molecule has 0 fully saturated rings. The van der Waals surface area contributed by atoms with Gasteiger partial charge in [-0.05, 0) is 100 Å². The molecule has 3 nitrogen and oxygen atoms in total. The summed E-state index contributed by atoms with van der Waals surface area (Å²) in [5.74, 6) is 0. The van der Waals surface area contributed by atoms with Crippen LogP contribution in [0.2, 0.25) is 0 Å². The molecule has 0 aliphatic heterocycles. The van der Waals surface area contributed by atoms with E-state index in [1.54, 1.807) is 0 Å². The monoisotopic (exact) mass is 702 g/mol. The molecule has 3 heteroatoms. The van der Waals surface area contributed by atoms with Crippen LogP contribution in [-0.4, -0.2) is 4.57 Å². The molecule has 0 unspecified atom stereocenters. The number of benzene rings is 9. The van der Waals surface area contributed by atoms with Crippen molar-refractivity contribution in [1.82, 2.24) is 4.57 Å². The number of hydrogen-bond donors (Lipinski definition) is 0. The second kappa shape index (κ2) is 12.6. The van der Waals surface area contributed by atoms with Gasteiger partial charge in [0.15, 0.2) is 0 Å². The van der Waals surface area contributed by atoms with Gasteiger partial charge in [0.25, 0.3) is 0 Å². The van der Waals surface area contributed by atoms with E-state index >= 15 is 0 Å². The van der Waals surface area contributed by atoms with Crippen LogP contribution < -0.4 is 4.90 Å². The lowest BCUT2D eigenvalue weighted by molar-refractivity contribution is 0.669. The standard InChI is InChI=1S/C52H34N2O/c1-3-14-35(15-4-1)42-21-9-11-24-47(42)53(41-28-31-51-45(34-41)44-23-10-12-25-50(44)55-51)40-20-13-17-37(32-40)38-27-29-48-46(33-38)52-43-22-8-7-16-36(43)26-30-49(52)54(48)39-18-5-2-6-19-39/h1-34H. The predicted molar refractivity (Wildman–Crippen MR) is 231 cm³/mol. The van der Waals surface area contributed by atoms with E-state index in [1.807, 2.05) is 12.1 Å². The molecule has 0 bridgehead atoms. The molecule has 0 aliphatic carbocycles. The maximum Gasteiger partial charge on any atom is 0.135 e. The van der Waals surface area contributed by atoms with E-state index in [0.717, 1.165) is 55.8 Å². The molecule has 2 heterocycles.